The molecule has 1 aliphatic carbocycles. The van der Waals surface area contributed by atoms with Gasteiger partial charge in [-0.25, -0.2) is 0 Å². The molecule has 1 aliphatic rings. The van der Waals surface area contributed by atoms with E-state index in [1.54, 1.807) is 0 Å². The molecule has 3 nitrogen and oxygen atoms in total. The number of carboxylic acid groups (broad SMARTS) is 1. The highest BCUT2D eigenvalue weighted by molar-refractivity contribution is 5.85. The average Bonchev–Trinajstić information content (AvgIpc) is 2.49. The summed E-state index contributed by atoms with van der Waals surface area (Å²) in [7, 11) is 0. The Bertz CT molecular complexity index is 484. The summed E-state index contributed by atoms with van der Waals surface area (Å²) in [6.45, 7) is 2.01. The summed E-state index contributed by atoms with van der Waals surface area (Å²) >= 11 is 0. The van der Waals surface area contributed by atoms with Gasteiger partial charge in [-0.3, -0.25) is 9.59 Å². The van der Waals surface area contributed by atoms with Gasteiger partial charge < -0.3 is 5.11 Å². The maximum Gasteiger partial charge on any atom is 0.307 e. The van der Waals surface area contributed by atoms with E-state index < -0.39 is 11.9 Å². The van der Waals surface area contributed by atoms with Crippen molar-refractivity contribution < 1.29 is 14.7 Å². The number of Topliss-reactive ketones (excluding diaryl/α,β-unsaturated/α-hetero) is 1. The summed E-state index contributed by atoms with van der Waals surface area (Å²) in [6, 6.07) is 7.88. The Morgan fingerprint density at radius 2 is 1.76 bits per heavy atom. The van der Waals surface area contributed by atoms with Crippen molar-refractivity contribution in [1.82, 2.24) is 0 Å². The van der Waals surface area contributed by atoms with Crippen LogP contribution in [-0.4, -0.2) is 16.9 Å². The fourth-order valence-corrected chi connectivity index (χ4v) is 3.09. The van der Waals surface area contributed by atoms with Gasteiger partial charge in [-0.15, -0.1) is 0 Å². The number of hydrogen-bond donors (Lipinski definition) is 1. The SMILES string of the molecule is Cc1ccc(CC(CC(=O)C2CCCCC2)C(=O)O)cc1. The standard InChI is InChI=1S/C18H24O3/c1-13-7-9-14(10-8-13)11-16(18(20)21)12-17(19)15-5-3-2-4-6-15/h7-10,15-16H,2-6,11-12H2,1H3,(H,20,21). The quantitative estimate of drug-likeness (QED) is 0.866. The number of carbonyl (C=O) groups is 2. The number of hydrogen-bond acceptors (Lipinski definition) is 2. The molecule has 0 heterocycles. The number of ketones is 1. The molecule has 0 bridgehead atoms. The monoisotopic (exact) mass is 288 g/mol. The Balaban J connectivity index is 1.96. The van der Waals surface area contributed by atoms with E-state index >= 15 is 0 Å². The average molecular weight is 288 g/mol. The highest BCUT2D eigenvalue weighted by Crippen LogP contribution is 2.27. The van der Waals surface area contributed by atoms with E-state index in [4.69, 9.17) is 0 Å². The van der Waals surface area contributed by atoms with Crippen LogP contribution in [0, 0.1) is 18.8 Å². The van der Waals surface area contributed by atoms with Crippen molar-refractivity contribution in [2.45, 2.75) is 51.9 Å². The van der Waals surface area contributed by atoms with Crippen LogP contribution in [0.1, 0.15) is 49.7 Å². The molecule has 0 radical (unpaired) electrons. The predicted molar refractivity (Wildman–Crippen MR) is 82.2 cm³/mol. The van der Waals surface area contributed by atoms with Crippen LogP contribution in [-0.2, 0) is 16.0 Å². The molecule has 0 aliphatic heterocycles. The predicted octanol–water partition coefficient (Wildman–Crippen LogP) is 3.78. The van der Waals surface area contributed by atoms with Crippen LogP contribution >= 0.6 is 0 Å². The maximum absolute atomic E-state index is 12.3. The second-order valence-corrected chi connectivity index (χ2v) is 6.23. The van der Waals surface area contributed by atoms with Gasteiger partial charge >= 0.3 is 5.97 Å². The lowest BCUT2D eigenvalue weighted by atomic mass is 9.82. The van der Waals surface area contributed by atoms with Crippen LogP contribution < -0.4 is 0 Å². The van der Waals surface area contributed by atoms with Gasteiger partial charge in [0.25, 0.3) is 0 Å². The third-order valence-corrected chi connectivity index (χ3v) is 4.46. The smallest absolute Gasteiger partial charge is 0.307 e. The number of benzene rings is 1. The minimum atomic E-state index is -0.861. The van der Waals surface area contributed by atoms with Gasteiger partial charge in [0, 0.05) is 12.3 Å². The Morgan fingerprint density at radius 3 is 2.33 bits per heavy atom. The summed E-state index contributed by atoms with van der Waals surface area (Å²) in [5.41, 5.74) is 2.15. The largest absolute Gasteiger partial charge is 0.481 e. The van der Waals surface area contributed by atoms with Crippen LogP contribution in [0.3, 0.4) is 0 Å². The molecule has 1 fully saturated rings. The lowest BCUT2D eigenvalue weighted by Gasteiger charge is -2.22. The van der Waals surface area contributed by atoms with Crippen molar-refractivity contribution >= 4 is 11.8 Å². The maximum atomic E-state index is 12.3. The van der Waals surface area contributed by atoms with Crippen molar-refractivity contribution in [3.05, 3.63) is 35.4 Å². The van der Waals surface area contributed by atoms with Crippen LogP contribution in [0.5, 0.6) is 0 Å². The van der Waals surface area contributed by atoms with E-state index in [9.17, 15) is 14.7 Å². The first-order valence-electron chi connectivity index (χ1n) is 7.87. The number of aryl methyl sites for hydroxylation is 1. The molecule has 2 rings (SSSR count). The Hall–Kier alpha value is -1.64. The van der Waals surface area contributed by atoms with Gasteiger partial charge in [-0.05, 0) is 31.7 Å². The molecule has 21 heavy (non-hydrogen) atoms. The van der Waals surface area contributed by atoms with Crippen molar-refractivity contribution in [2.75, 3.05) is 0 Å². The van der Waals surface area contributed by atoms with E-state index in [2.05, 4.69) is 0 Å². The lowest BCUT2D eigenvalue weighted by molar-refractivity contribution is -0.144. The highest BCUT2D eigenvalue weighted by atomic mass is 16.4. The van der Waals surface area contributed by atoms with Crippen LogP contribution in [0.4, 0.5) is 0 Å². The lowest BCUT2D eigenvalue weighted by Crippen LogP contribution is -2.25. The van der Waals surface area contributed by atoms with Gasteiger partial charge in [0.15, 0.2) is 0 Å². The number of aliphatic carboxylic acids is 1. The van der Waals surface area contributed by atoms with Crippen LogP contribution in [0.2, 0.25) is 0 Å². The molecule has 1 aromatic rings. The topological polar surface area (TPSA) is 54.4 Å². The zero-order chi connectivity index (χ0) is 15.2. The van der Waals surface area contributed by atoms with Crippen molar-refractivity contribution in [2.24, 2.45) is 11.8 Å². The van der Waals surface area contributed by atoms with Gasteiger partial charge in [0.05, 0.1) is 5.92 Å². The van der Waals surface area contributed by atoms with E-state index in [1.165, 1.54) is 6.42 Å². The van der Waals surface area contributed by atoms with Gasteiger partial charge in [-0.1, -0.05) is 49.1 Å². The number of rotatable bonds is 6. The molecule has 1 aromatic carbocycles. The first-order chi connectivity index (χ1) is 10.1. The van der Waals surface area contributed by atoms with Crippen LogP contribution in [0.15, 0.2) is 24.3 Å². The van der Waals surface area contributed by atoms with Gasteiger partial charge in [0.1, 0.15) is 5.78 Å². The fourth-order valence-electron chi connectivity index (χ4n) is 3.09. The van der Waals surface area contributed by atoms with E-state index in [1.807, 2.05) is 31.2 Å². The zero-order valence-electron chi connectivity index (χ0n) is 12.7. The molecule has 0 spiro atoms. The summed E-state index contributed by atoms with van der Waals surface area (Å²) in [5, 5.41) is 9.38. The molecule has 0 aromatic heterocycles. The van der Waals surface area contributed by atoms with Crippen molar-refractivity contribution in [3.63, 3.8) is 0 Å². The Labute approximate surface area is 126 Å². The molecular weight excluding hydrogens is 264 g/mol. The first kappa shape index (κ1) is 15.7. The summed E-state index contributed by atoms with van der Waals surface area (Å²) in [5.74, 6) is -1.21. The number of carbonyl (C=O) groups excluding carboxylic acids is 1. The molecule has 1 N–H and O–H groups in total. The molecule has 1 unspecified atom stereocenters. The molecular formula is C18H24O3. The molecule has 114 valence electrons. The molecule has 3 heteroatoms. The Kier molecular flexibility index (Phi) is 5.54. The van der Waals surface area contributed by atoms with E-state index in [0.717, 1.165) is 36.8 Å². The van der Waals surface area contributed by atoms with E-state index in [-0.39, 0.29) is 18.1 Å². The minimum absolute atomic E-state index is 0.0959. The summed E-state index contributed by atoms with van der Waals surface area (Å²) in [4.78, 5) is 23.7. The number of carboxylic acids is 1. The minimum Gasteiger partial charge on any atom is -0.481 e. The molecule has 0 amide bonds. The third-order valence-electron chi connectivity index (χ3n) is 4.46. The molecule has 0 saturated heterocycles. The van der Waals surface area contributed by atoms with Gasteiger partial charge in [-0.2, -0.15) is 0 Å². The van der Waals surface area contributed by atoms with Gasteiger partial charge in [0.2, 0.25) is 0 Å². The van der Waals surface area contributed by atoms with Crippen molar-refractivity contribution in [3.8, 4) is 0 Å². The molecule has 1 atom stereocenters. The van der Waals surface area contributed by atoms with E-state index in [0.29, 0.717) is 6.42 Å². The summed E-state index contributed by atoms with van der Waals surface area (Å²) < 4.78 is 0. The second kappa shape index (κ2) is 7.39. The zero-order valence-corrected chi connectivity index (χ0v) is 12.7. The fraction of sp³-hybridized carbons (Fsp3) is 0.556. The third kappa shape index (κ3) is 4.69. The van der Waals surface area contributed by atoms with Crippen LogP contribution in [0.25, 0.3) is 0 Å². The second-order valence-electron chi connectivity index (χ2n) is 6.23. The normalized spacial score (nSPS) is 17.4. The van der Waals surface area contributed by atoms with Crippen molar-refractivity contribution in [1.29, 1.82) is 0 Å². The summed E-state index contributed by atoms with van der Waals surface area (Å²) in [6.07, 6.45) is 5.90. The first-order valence-corrected chi connectivity index (χ1v) is 7.87. The highest BCUT2D eigenvalue weighted by Gasteiger charge is 2.27. The Morgan fingerprint density at radius 1 is 1.14 bits per heavy atom. The molecule has 1 saturated carbocycles.